The van der Waals surface area contributed by atoms with Gasteiger partial charge in [-0.3, -0.25) is 0 Å². The van der Waals surface area contributed by atoms with Crippen molar-refractivity contribution in [3.05, 3.63) is 101 Å². The fourth-order valence-corrected chi connectivity index (χ4v) is 5.63. The van der Waals surface area contributed by atoms with Crippen LogP contribution in [-0.4, -0.2) is 0 Å². The highest BCUT2D eigenvalue weighted by molar-refractivity contribution is 7.17. The van der Waals surface area contributed by atoms with Crippen LogP contribution in [0.4, 0.5) is 0 Å². The lowest BCUT2D eigenvalue weighted by molar-refractivity contribution is 0.526. The maximum atomic E-state index is 11.9. The van der Waals surface area contributed by atoms with Crippen molar-refractivity contribution in [1.82, 2.24) is 0 Å². The summed E-state index contributed by atoms with van der Waals surface area (Å²) in [5.41, 5.74) is 12.0. The molecule has 0 heterocycles. The molecule has 2 nitrogen and oxygen atoms in total. The summed E-state index contributed by atoms with van der Waals surface area (Å²) in [6, 6.07) is 28.4. The van der Waals surface area contributed by atoms with Gasteiger partial charge in [-0.15, -0.1) is 0 Å². The Morgan fingerprint density at radius 1 is 0.538 bits per heavy atom. The molecule has 0 aliphatic rings. The SMILES string of the molecule is CC(C)c1ccc(-c2c(OP=O)ccc(-c3ccccc3)c2-c2ccc(C(C)C)cc2C(C)C)c(C(C)C)c1. The van der Waals surface area contributed by atoms with E-state index in [0.29, 0.717) is 29.4 Å². The monoisotopic (exact) mass is 536 g/mol. The van der Waals surface area contributed by atoms with E-state index < -0.39 is 0 Å². The van der Waals surface area contributed by atoms with Crippen molar-refractivity contribution in [2.45, 2.75) is 79.1 Å². The van der Waals surface area contributed by atoms with Gasteiger partial charge in [-0.1, -0.05) is 122 Å². The van der Waals surface area contributed by atoms with Crippen molar-refractivity contribution < 1.29 is 9.09 Å². The lowest BCUT2D eigenvalue weighted by Gasteiger charge is -2.25. The predicted octanol–water partition coefficient (Wildman–Crippen LogP) is 11.8. The van der Waals surface area contributed by atoms with Crippen molar-refractivity contribution in [3.63, 3.8) is 0 Å². The van der Waals surface area contributed by atoms with Gasteiger partial charge in [0.2, 0.25) is 0 Å². The summed E-state index contributed by atoms with van der Waals surface area (Å²) in [5.74, 6) is 2.12. The van der Waals surface area contributed by atoms with E-state index >= 15 is 0 Å². The molecule has 0 aliphatic carbocycles. The van der Waals surface area contributed by atoms with E-state index in [4.69, 9.17) is 4.52 Å². The van der Waals surface area contributed by atoms with Gasteiger partial charge in [-0.05, 0) is 80.3 Å². The van der Waals surface area contributed by atoms with Gasteiger partial charge in [-0.25, -0.2) is 4.57 Å². The molecule has 0 bridgehead atoms. The van der Waals surface area contributed by atoms with Crippen LogP contribution in [0, 0.1) is 0 Å². The van der Waals surface area contributed by atoms with Crippen molar-refractivity contribution >= 4 is 8.69 Å². The Balaban J connectivity index is 2.20. The zero-order valence-electron chi connectivity index (χ0n) is 24.6. The van der Waals surface area contributed by atoms with E-state index in [9.17, 15) is 4.57 Å². The second-order valence-corrected chi connectivity index (χ2v) is 12.0. The second kappa shape index (κ2) is 12.3. The first-order valence-electron chi connectivity index (χ1n) is 14.1. The minimum absolute atomic E-state index is 0.303. The number of benzene rings is 4. The summed E-state index contributed by atoms with van der Waals surface area (Å²) in [6.07, 6.45) is 0. The summed E-state index contributed by atoms with van der Waals surface area (Å²) in [5, 5.41) is 0. The summed E-state index contributed by atoms with van der Waals surface area (Å²) < 4.78 is 17.7. The molecule has 4 aromatic carbocycles. The van der Waals surface area contributed by atoms with Crippen LogP contribution in [0.5, 0.6) is 5.75 Å². The molecule has 3 heteroatoms. The molecule has 202 valence electrons. The molecule has 0 fully saturated rings. The molecule has 0 atom stereocenters. The van der Waals surface area contributed by atoms with E-state index in [0.717, 1.165) is 27.8 Å². The first kappa shape index (κ1) is 28.8. The minimum atomic E-state index is -0.363. The normalized spacial score (nSPS) is 11.8. The zero-order valence-corrected chi connectivity index (χ0v) is 25.5. The Hall–Kier alpha value is -3.22. The molecule has 0 aliphatic heterocycles. The number of hydrogen-bond acceptors (Lipinski definition) is 2. The van der Waals surface area contributed by atoms with Gasteiger partial charge < -0.3 is 4.52 Å². The highest BCUT2D eigenvalue weighted by Crippen LogP contribution is 2.50. The predicted molar refractivity (Wildman–Crippen MR) is 167 cm³/mol. The van der Waals surface area contributed by atoms with Crippen molar-refractivity contribution in [2.75, 3.05) is 0 Å². The molecule has 0 aromatic heterocycles. The Morgan fingerprint density at radius 2 is 1.03 bits per heavy atom. The number of rotatable bonds is 9. The molecule has 0 N–H and O–H groups in total. The van der Waals surface area contributed by atoms with E-state index in [1.54, 1.807) is 0 Å². The first-order valence-corrected chi connectivity index (χ1v) is 14.9. The van der Waals surface area contributed by atoms with Crippen LogP contribution in [0.1, 0.15) is 101 Å². The van der Waals surface area contributed by atoms with Crippen LogP contribution in [0.15, 0.2) is 78.9 Å². The largest absolute Gasteiger partial charge is 0.407 e. The molecular formula is C36H41O2P. The van der Waals surface area contributed by atoms with Crippen LogP contribution in [0.25, 0.3) is 33.4 Å². The van der Waals surface area contributed by atoms with Gasteiger partial charge >= 0.3 is 8.69 Å². The lowest BCUT2D eigenvalue weighted by atomic mass is 9.79. The summed E-state index contributed by atoms with van der Waals surface area (Å²) >= 11 is 0. The third-order valence-corrected chi connectivity index (χ3v) is 7.93. The minimum Gasteiger partial charge on any atom is -0.407 e. The zero-order chi connectivity index (χ0) is 28.3. The van der Waals surface area contributed by atoms with E-state index in [2.05, 4.69) is 128 Å². The molecule has 0 radical (unpaired) electrons. The Morgan fingerprint density at radius 3 is 1.49 bits per heavy atom. The maximum absolute atomic E-state index is 11.9. The summed E-state index contributed by atoms with van der Waals surface area (Å²) in [7, 11) is -0.363. The van der Waals surface area contributed by atoms with Gasteiger partial charge in [0.1, 0.15) is 5.75 Å². The highest BCUT2D eigenvalue weighted by atomic mass is 31.1. The average molecular weight is 537 g/mol. The molecule has 0 saturated heterocycles. The molecule has 4 aromatic rings. The Bertz CT molecular complexity index is 1450. The van der Waals surface area contributed by atoms with Crippen molar-refractivity contribution in [3.8, 4) is 39.1 Å². The fourth-order valence-electron chi connectivity index (χ4n) is 5.40. The highest BCUT2D eigenvalue weighted by Gasteiger charge is 2.25. The molecule has 0 amide bonds. The standard InChI is InChI=1S/C36H41O2P/c1-22(2)27-14-16-30(32(20-27)24(5)6)35-29(26-12-10-9-11-13-26)18-19-34(38-39-37)36(35)31-17-15-28(23(3)4)21-33(31)25(7)8/h9-25H,1-8H3. The smallest absolute Gasteiger partial charge is 0.395 e. The quantitative estimate of drug-likeness (QED) is 0.199. The third kappa shape index (κ3) is 6.02. The van der Waals surface area contributed by atoms with Gasteiger partial charge in [0.05, 0.1) is 0 Å². The van der Waals surface area contributed by atoms with Gasteiger partial charge in [-0.2, -0.15) is 0 Å². The van der Waals surface area contributed by atoms with E-state index in [1.165, 1.54) is 27.8 Å². The van der Waals surface area contributed by atoms with Crippen molar-refractivity contribution in [1.29, 1.82) is 0 Å². The molecular weight excluding hydrogens is 495 g/mol. The molecule has 0 saturated carbocycles. The topological polar surface area (TPSA) is 26.3 Å². The first-order chi connectivity index (χ1) is 18.6. The van der Waals surface area contributed by atoms with E-state index in [-0.39, 0.29) is 8.69 Å². The van der Waals surface area contributed by atoms with Crippen LogP contribution >= 0.6 is 8.69 Å². The average Bonchev–Trinajstić information content (AvgIpc) is 2.92. The second-order valence-electron chi connectivity index (χ2n) is 11.7. The molecule has 39 heavy (non-hydrogen) atoms. The van der Waals surface area contributed by atoms with Gasteiger partial charge in [0.15, 0.2) is 0 Å². The van der Waals surface area contributed by atoms with Crippen molar-refractivity contribution in [2.24, 2.45) is 0 Å². The van der Waals surface area contributed by atoms with Crippen LogP contribution in [-0.2, 0) is 4.57 Å². The summed E-state index contributed by atoms with van der Waals surface area (Å²) in [4.78, 5) is 0. The maximum Gasteiger partial charge on any atom is 0.395 e. The molecule has 0 spiro atoms. The van der Waals surface area contributed by atoms with Crippen LogP contribution in [0.2, 0.25) is 0 Å². The van der Waals surface area contributed by atoms with Crippen LogP contribution in [0.3, 0.4) is 0 Å². The number of hydrogen-bond donors (Lipinski definition) is 0. The van der Waals surface area contributed by atoms with Crippen LogP contribution < -0.4 is 4.52 Å². The third-order valence-electron chi connectivity index (χ3n) is 7.65. The Kier molecular flexibility index (Phi) is 9.08. The fraction of sp³-hybridized carbons (Fsp3) is 0.333. The summed E-state index contributed by atoms with van der Waals surface area (Å²) in [6.45, 7) is 18.0. The molecule has 4 rings (SSSR count). The van der Waals surface area contributed by atoms with Gasteiger partial charge in [0.25, 0.3) is 0 Å². The Labute approximate surface area is 236 Å². The lowest BCUT2D eigenvalue weighted by Crippen LogP contribution is -2.03. The van der Waals surface area contributed by atoms with Gasteiger partial charge in [0, 0.05) is 11.1 Å². The van der Waals surface area contributed by atoms with E-state index in [1.807, 2.05) is 6.07 Å². The molecule has 0 unspecified atom stereocenters.